The van der Waals surface area contributed by atoms with Crippen LogP contribution in [0.1, 0.15) is 44.8 Å². The number of hydrogen-bond donors (Lipinski definition) is 0. The lowest BCUT2D eigenvalue weighted by Crippen LogP contribution is -2.39. The van der Waals surface area contributed by atoms with Gasteiger partial charge in [0.05, 0.1) is 13.1 Å². The standard InChI is InChI=1S/C14H25N5/c1-12(2)18-8-9-19-13(15-16-14(19)11-18)10-17-6-4-3-5-7-17/h12H,3-11H2,1-2H3. The van der Waals surface area contributed by atoms with Crippen LogP contribution in [-0.2, 0) is 19.6 Å². The summed E-state index contributed by atoms with van der Waals surface area (Å²) in [6.07, 6.45) is 4.06. The van der Waals surface area contributed by atoms with Crippen LogP contribution >= 0.6 is 0 Å². The van der Waals surface area contributed by atoms with Gasteiger partial charge in [-0.15, -0.1) is 10.2 Å². The molecule has 2 aliphatic heterocycles. The van der Waals surface area contributed by atoms with E-state index in [1.54, 1.807) is 0 Å². The first-order chi connectivity index (χ1) is 9.24. The molecular formula is C14H25N5. The normalized spacial score (nSPS) is 21.8. The summed E-state index contributed by atoms with van der Waals surface area (Å²) in [7, 11) is 0. The van der Waals surface area contributed by atoms with Crippen LogP contribution in [0.25, 0.3) is 0 Å². The number of fused-ring (bicyclic) bond motifs is 1. The third-order valence-corrected chi connectivity index (χ3v) is 4.40. The molecule has 1 fully saturated rings. The average molecular weight is 263 g/mol. The van der Waals surface area contributed by atoms with Gasteiger partial charge in [0.25, 0.3) is 0 Å². The number of piperidine rings is 1. The Morgan fingerprint density at radius 2 is 1.79 bits per heavy atom. The van der Waals surface area contributed by atoms with Crippen molar-refractivity contribution in [3.8, 4) is 0 Å². The predicted octanol–water partition coefficient (Wildman–Crippen LogP) is 1.49. The first kappa shape index (κ1) is 13.1. The molecule has 19 heavy (non-hydrogen) atoms. The lowest BCUT2D eigenvalue weighted by molar-refractivity contribution is 0.167. The third kappa shape index (κ3) is 2.82. The lowest BCUT2D eigenvalue weighted by atomic mass is 10.1. The molecule has 0 bridgehead atoms. The molecule has 106 valence electrons. The van der Waals surface area contributed by atoms with E-state index in [1.165, 1.54) is 38.2 Å². The third-order valence-electron chi connectivity index (χ3n) is 4.40. The highest BCUT2D eigenvalue weighted by Crippen LogP contribution is 2.17. The monoisotopic (exact) mass is 263 g/mol. The van der Waals surface area contributed by atoms with Gasteiger partial charge in [0.15, 0.2) is 0 Å². The molecule has 5 nitrogen and oxygen atoms in total. The van der Waals surface area contributed by atoms with Crippen LogP contribution in [0.15, 0.2) is 0 Å². The average Bonchev–Trinajstić information content (AvgIpc) is 2.82. The maximum absolute atomic E-state index is 4.43. The van der Waals surface area contributed by atoms with Crippen LogP contribution in [0.2, 0.25) is 0 Å². The smallest absolute Gasteiger partial charge is 0.147 e. The second-order valence-electron chi connectivity index (χ2n) is 6.09. The Morgan fingerprint density at radius 3 is 2.53 bits per heavy atom. The Labute approximate surface area is 115 Å². The zero-order chi connectivity index (χ0) is 13.2. The summed E-state index contributed by atoms with van der Waals surface area (Å²) in [6.45, 7) is 11.0. The van der Waals surface area contributed by atoms with Crippen LogP contribution in [0.3, 0.4) is 0 Å². The summed E-state index contributed by atoms with van der Waals surface area (Å²) >= 11 is 0. The minimum atomic E-state index is 0.594. The Kier molecular flexibility index (Phi) is 3.84. The molecule has 1 saturated heterocycles. The van der Waals surface area contributed by atoms with E-state index in [9.17, 15) is 0 Å². The molecule has 0 radical (unpaired) electrons. The zero-order valence-corrected chi connectivity index (χ0v) is 12.2. The molecule has 0 spiro atoms. The number of rotatable bonds is 3. The van der Waals surface area contributed by atoms with Crippen molar-refractivity contribution in [3.05, 3.63) is 11.6 Å². The molecule has 2 aliphatic rings. The first-order valence-corrected chi connectivity index (χ1v) is 7.61. The van der Waals surface area contributed by atoms with Gasteiger partial charge in [-0.2, -0.15) is 0 Å². The van der Waals surface area contributed by atoms with Crippen molar-refractivity contribution < 1.29 is 0 Å². The summed E-state index contributed by atoms with van der Waals surface area (Å²) in [6, 6.07) is 0.594. The van der Waals surface area contributed by atoms with Gasteiger partial charge in [-0.1, -0.05) is 6.42 Å². The second kappa shape index (κ2) is 5.59. The first-order valence-electron chi connectivity index (χ1n) is 7.61. The van der Waals surface area contributed by atoms with Gasteiger partial charge in [-0.3, -0.25) is 9.80 Å². The quantitative estimate of drug-likeness (QED) is 0.828. The Morgan fingerprint density at radius 1 is 1.00 bits per heavy atom. The van der Waals surface area contributed by atoms with E-state index >= 15 is 0 Å². The van der Waals surface area contributed by atoms with Gasteiger partial charge in [-0.05, 0) is 39.8 Å². The van der Waals surface area contributed by atoms with Gasteiger partial charge in [-0.25, -0.2) is 0 Å². The van der Waals surface area contributed by atoms with Crippen molar-refractivity contribution in [2.45, 2.75) is 58.8 Å². The van der Waals surface area contributed by atoms with E-state index in [1.807, 2.05) is 0 Å². The minimum Gasteiger partial charge on any atom is -0.312 e. The highest BCUT2D eigenvalue weighted by atomic mass is 15.4. The van der Waals surface area contributed by atoms with E-state index < -0.39 is 0 Å². The maximum Gasteiger partial charge on any atom is 0.147 e. The van der Waals surface area contributed by atoms with Crippen molar-refractivity contribution in [3.63, 3.8) is 0 Å². The van der Waals surface area contributed by atoms with Crippen LogP contribution in [0, 0.1) is 0 Å². The highest BCUT2D eigenvalue weighted by Gasteiger charge is 2.23. The van der Waals surface area contributed by atoms with E-state index in [0.29, 0.717) is 6.04 Å². The molecule has 1 aromatic rings. The molecular weight excluding hydrogens is 238 g/mol. The summed E-state index contributed by atoms with van der Waals surface area (Å²) in [4.78, 5) is 4.99. The molecule has 0 saturated carbocycles. The summed E-state index contributed by atoms with van der Waals surface area (Å²) < 4.78 is 2.34. The Bertz CT molecular complexity index is 419. The van der Waals surface area contributed by atoms with Crippen LogP contribution in [-0.4, -0.2) is 50.2 Å². The van der Waals surface area contributed by atoms with E-state index in [4.69, 9.17) is 0 Å². The van der Waals surface area contributed by atoms with E-state index in [0.717, 1.165) is 32.0 Å². The number of aromatic nitrogens is 3. The maximum atomic E-state index is 4.43. The second-order valence-corrected chi connectivity index (χ2v) is 6.09. The van der Waals surface area contributed by atoms with Gasteiger partial charge in [0.1, 0.15) is 11.6 Å². The van der Waals surface area contributed by atoms with Crippen molar-refractivity contribution in [2.75, 3.05) is 19.6 Å². The van der Waals surface area contributed by atoms with Crippen molar-refractivity contribution in [1.29, 1.82) is 0 Å². The van der Waals surface area contributed by atoms with Crippen LogP contribution in [0.4, 0.5) is 0 Å². The molecule has 3 rings (SSSR count). The largest absolute Gasteiger partial charge is 0.312 e. The van der Waals surface area contributed by atoms with Crippen molar-refractivity contribution >= 4 is 0 Å². The molecule has 0 aromatic carbocycles. The molecule has 0 amide bonds. The molecule has 0 N–H and O–H groups in total. The summed E-state index contributed by atoms with van der Waals surface area (Å²) in [5, 5.41) is 8.83. The summed E-state index contributed by atoms with van der Waals surface area (Å²) in [5.41, 5.74) is 0. The van der Waals surface area contributed by atoms with E-state index in [-0.39, 0.29) is 0 Å². The van der Waals surface area contributed by atoms with Gasteiger partial charge in [0.2, 0.25) is 0 Å². The zero-order valence-electron chi connectivity index (χ0n) is 12.2. The van der Waals surface area contributed by atoms with Gasteiger partial charge >= 0.3 is 0 Å². The summed E-state index contributed by atoms with van der Waals surface area (Å²) in [5.74, 6) is 2.31. The van der Waals surface area contributed by atoms with Gasteiger partial charge in [0, 0.05) is 19.1 Å². The molecule has 0 aliphatic carbocycles. The topological polar surface area (TPSA) is 37.2 Å². The number of nitrogens with zero attached hydrogens (tertiary/aromatic N) is 5. The SMILES string of the molecule is CC(C)N1CCn2c(CN3CCCCC3)nnc2C1. The molecule has 0 unspecified atom stereocenters. The fourth-order valence-corrected chi connectivity index (χ4v) is 3.11. The molecule has 3 heterocycles. The van der Waals surface area contributed by atoms with Crippen molar-refractivity contribution in [2.24, 2.45) is 0 Å². The van der Waals surface area contributed by atoms with Crippen LogP contribution < -0.4 is 0 Å². The molecule has 0 atom stereocenters. The minimum absolute atomic E-state index is 0.594. The highest BCUT2D eigenvalue weighted by molar-refractivity contribution is 4.99. The fraction of sp³-hybridized carbons (Fsp3) is 0.857. The molecule has 1 aromatic heterocycles. The molecule has 5 heteroatoms. The fourth-order valence-electron chi connectivity index (χ4n) is 3.11. The lowest BCUT2D eigenvalue weighted by Gasteiger charge is -2.31. The van der Waals surface area contributed by atoms with Crippen molar-refractivity contribution in [1.82, 2.24) is 24.6 Å². The van der Waals surface area contributed by atoms with Gasteiger partial charge < -0.3 is 4.57 Å². The predicted molar refractivity (Wildman–Crippen MR) is 74.7 cm³/mol. The van der Waals surface area contributed by atoms with E-state index in [2.05, 4.69) is 38.4 Å². The Hall–Kier alpha value is -0.940. The Balaban J connectivity index is 1.68. The number of hydrogen-bond acceptors (Lipinski definition) is 4. The van der Waals surface area contributed by atoms with Crippen LogP contribution in [0.5, 0.6) is 0 Å². The number of likely N-dealkylation sites (tertiary alicyclic amines) is 1.